The molecule has 2 rings (SSSR count). The molecule has 0 saturated heterocycles. The molecule has 0 aliphatic carbocycles. The van der Waals surface area contributed by atoms with Gasteiger partial charge in [0.15, 0.2) is 0 Å². The Morgan fingerprint density at radius 2 is 2.00 bits per heavy atom. The van der Waals surface area contributed by atoms with Gasteiger partial charge in [-0.05, 0) is 49.6 Å². The summed E-state index contributed by atoms with van der Waals surface area (Å²) >= 11 is 1.62. The lowest BCUT2D eigenvalue weighted by Crippen LogP contribution is -2.27. The van der Waals surface area contributed by atoms with Crippen molar-refractivity contribution in [2.75, 3.05) is 5.32 Å². The molecule has 0 saturated carbocycles. The van der Waals surface area contributed by atoms with Gasteiger partial charge in [0.1, 0.15) is 5.75 Å². The lowest BCUT2D eigenvalue weighted by Gasteiger charge is -2.11. The van der Waals surface area contributed by atoms with Crippen molar-refractivity contribution in [1.82, 2.24) is 5.32 Å². The normalized spacial score (nSPS) is 10.3. The number of benzene rings is 1. The molecular weight excluding hydrogens is 272 g/mol. The SMILES string of the molecule is CC(C)Oc1ccc(NC(=O)NCc2cccs2)cc1. The minimum Gasteiger partial charge on any atom is -0.491 e. The van der Waals surface area contributed by atoms with Crippen molar-refractivity contribution in [3.05, 3.63) is 46.7 Å². The molecule has 0 aliphatic rings. The first-order valence-corrected chi connectivity index (χ1v) is 7.35. The maximum atomic E-state index is 11.7. The number of nitrogens with one attached hydrogen (secondary N) is 2. The van der Waals surface area contributed by atoms with Gasteiger partial charge in [-0.15, -0.1) is 11.3 Å². The third kappa shape index (κ3) is 4.59. The molecule has 0 radical (unpaired) electrons. The minimum absolute atomic E-state index is 0.142. The Morgan fingerprint density at radius 3 is 2.60 bits per heavy atom. The third-order valence-corrected chi connectivity index (χ3v) is 3.36. The van der Waals surface area contributed by atoms with Crippen LogP contribution >= 0.6 is 11.3 Å². The smallest absolute Gasteiger partial charge is 0.319 e. The Bertz CT molecular complexity index is 536. The zero-order chi connectivity index (χ0) is 14.4. The zero-order valence-corrected chi connectivity index (χ0v) is 12.4. The molecule has 0 atom stereocenters. The number of amides is 2. The number of hydrogen-bond donors (Lipinski definition) is 2. The topological polar surface area (TPSA) is 50.4 Å². The number of rotatable bonds is 5. The summed E-state index contributed by atoms with van der Waals surface area (Å²) in [7, 11) is 0. The number of carbonyl (C=O) groups is 1. The van der Waals surface area contributed by atoms with Crippen LogP contribution in [0.3, 0.4) is 0 Å². The monoisotopic (exact) mass is 290 g/mol. The second kappa shape index (κ2) is 6.96. The highest BCUT2D eigenvalue weighted by molar-refractivity contribution is 7.09. The predicted molar refractivity (Wildman–Crippen MR) is 82.4 cm³/mol. The Morgan fingerprint density at radius 1 is 1.25 bits per heavy atom. The predicted octanol–water partition coefficient (Wildman–Crippen LogP) is 3.86. The molecule has 0 bridgehead atoms. The van der Waals surface area contributed by atoms with Crippen LogP contribution in [0.5, 0.6) is 5.75 Å². The molecule has 20 heavy (non-hydrogen) atoms. The van der Waals surface area contributed by atoms with Gasteiger partial charge in [-0.25, -0.2) is 4.79 Å². The summed E-state index contributed by atoms with van der Waals surface area (Å²) < 4.78 is 5.54. The molecule has 0 aliphatic heterocycles. The Kier molecular flexibility index (Phi) is 5.01. The zero-order valence-electron chi connectivity index (χ0n) is 11.6. The van der Waals surface area contributed by atoms with Gasteiger partial charge in [-0.1, -0.05) is 6.07 Å². The van der Waals surface area contributed by atoms with E-state index in [1.165, 1.54) is 0 Å². The average Bonchev–Trinajstić information content (AvgIpc) is 2.91. The quantitative estimate of drug-likeness (QED) is 0.878. The van der Waals surface area contributed by atoms with Gasteiger partial charge in [0.2, 0.25) is 0 Å². The summed E-state index contributed by atoms with van der Waals surface area (Å²) in [4.78, 5) is 12.8. The number of anilines is 1. The van der Waals surface area contributed by atoms with Crippen LogP contribution in [0.25, 0.3) is 0 Å². The van der Waals surface area contributed by atoms with Crippen LogP contribution in [-0.2, 0) is 6.54 Å². The first kappa shape index (κ1) is 14.4. The highest BCUT2D eigenvalue weighted by Gasteiger charge is 2.03. The summed E-state index contributed by atoms with van der Waals surface area (Å²) in [6.07, 6.45) is 0.142. The largest absolute Gasteiger partial charge is 0.491 e. The summed E-state index contributed by atoms with van der Waals surface area (Å²) in [5.41, 5.74) is 0.741. The van der Waals surface area contributed by atoms with Crippen molar-refractivity contribution in [2.45, 2.75) is 26.5 Å². The van der Waals surface area contributed by atoms with Crippen molar-refractivity contribution >= 4 is 23.1 Å². The number of urea groups is 1. The van der Waals surface area contributed by atoms with E-state index in [4.69, 9.17) is 4.74 Å². The van der Waals surface area contributed by atoms with Crippen LogP contribution in [0.2, 0.25) is 0 Å². The Labute approximate surface area is 122 Å². The molecule has 1 aromatic carbocycles. The Balaban J connectivity index is 1.81. The van der Waals surface area contributed by atoms with Gasteiger partial charge in [0.25, 0.3) is 0 Å². The molecule has 4 nitrogen and oxygen atoms in total. The van der Waals surface area contributed by atoms with E-state index in [9.17, 15) is 4.79 Å². The molecule has 5 heteroatoms. The standard InChI is InChI=1S/C15H18N2O2S/c1-11(2)19-13-7-5-12(6-8-13)17-15(18)16-10-14-4-3-9-20-14/h3-9,11H,10H2,1-2H3,(H2,16,17,18). The fraction of sp³-hybridized carbons (Fsp3) is 0.267. The van der Waals surface area contributed by atoms with Crippen LogP contribution in [0, 0.1) is 0 Å². The number of ether oxygens (including phenoxy) is 1. The molecule has 2 aromatic rings. The van der Waals surface area contributed by atoms with Crippen LogP contribution < -0.4 is 15.4 Å². The van der Waals surface area contributed by atoms with E-state index in [2.05, 4.69) is 10.6 Å². The average molecular weight is 290 g/mol. The van der Waals surface area contributed by atoms with Gasteiger partial charge in [-0.3, -0.25) is 0 Å². The lowest BCUT2D eigenvalue weighted by molar-refractivity contribution is 0.242. The maximum absolute atomic E-state index is 11.7. The van der Waals surface area contributed by atoms with Crippen LogP contribution in [-0.4, -0.2) is 12.1 Å². The molecule has 0 spiro atoms. The fourth-order valence-corrected chi connectivity index (χ4v) is 2.29. The second-order valence-electron chi connectivity index (χ2n) is 4.58. The van der Waals surface area contributed by atoms with Crippen LogP contribution in [0.4, 0.5) is 10.5 Å². The number of hydrogen-bond acceptors (Lipinski definition) is 3. The summed E-state index contributed by atoms with van der Waals surface area (Å²) in [6, 6.07) is 11.1. The second-order valence-corrected chi connectivity index (χ2v) is 5.61. The summed E-state index contributed by atoms with van der Waals surface area (Å²) in [6.45, 7) is 4.49. The number of carbonyl (C=O) groups excluding carboxylic acids is 1. The lowest BCUT2D eigenvalue weighted by atomic mass is 10.3. The minimum atomic E-state index is -0.212. The highest BCUT2D eigenvalue weighted by atomic mass is 32.1. The van der Waals surface area contributed by atoms with Gasteiger partial charge >= 0.3 is 6.03 Å². The van der Waals surface area contributed by atoms with E-state index in [1.54, 1.807) is 11.3 Å². The van der Waals surface area contributed by atoms with Crippen molar-refractivity contribution in [2.24, 2.45) is 0 Å². The van der Waals surface area contributed by atoms with Gasteiger partial charge in [-0.2, -0.15) is 0 Å². The molecular formula is C15H18N2O2S. The van der Waals surface area contributed by atoms with Crippen LogP contribution in [0.1, 0.15) is 18.7 Å². The Hall–Kier alpha value is -2.01. The third-order valence-electron chi connectivity index (χ3n) is 2.49. The first-order chi connectivity index (χ1) is 9.63. The highest BCUT2D eigenvalue weighted by Crippen LogP contribution is 2.16. The van der Waals surface area contributed by atoms with Crippen molar-refractivity contribution < 1.29 is 9.53 Å². The molecule has 0 fully saturated rings. The summed E-state index contributed by atoms with van der Waals surface area (Å²) in [5, 5.41) is 7.58. The number of thiophene rings is 1. The molecule has 2 N–H and O–H groups in total. The summed E-state index contributed by atoms with van der Waals surface area (Å²) in [5.74, 6) is 0.796. The fourth-order valence-electron chi connectivity index (χ4n) is 1.64. The van der Waals surface area contributed by atoms with Crippen molar-refractivity contribution in [3.8, 4) is 5.75 Å². The van der Waals surface area contributed by atoms with Gasteiger partial charge in [0.05, 0.1) is 12.6 Å². The molecule has 0 unspecified atom stereocenters. The van der Waals surface area contributed by atoms with E-state index < -0.39 is 0 Å². The molecule has 1 heterocycles. The van der Waals surface area contributed by atoms with E-state index in [0.717, 1.165) is 16.3 Å². The van der Waals surface area contributed by atoms with Crippen molar-refractivity contribution in [3.63, 3.8) is 0 Å². The van der Waals surface area contributed by atoms with Gasteiger partial charge in [0, 0.05) is 10.6 Å². The van der Waals surface area contributed by atoms with Crippen molar-refractivity contribution in [1.29, 1.82) is 0 Å². The van der Waals surface area contributed by atoms with E-state index in [0.29, 0.717) is 6.54 Å². The van der Waals surface area contributed by atoms with Crippen LogP contribution in [0.15, 0.2) is 41.8 Å². The molecule has 2 amide bonds. The van der Waals surface area contributed by atoms with E-state index in [1.807, 2.05) is 55.6 Å². The molecule has 106 valence electrons. The van der Waals surface area contributed by atoms with E-state index >= 15 is 0 Å². The van der Waals surface area contributed by atoms with E-state index in [-0.39, 0.29) is 12.1 Å². The van der Waals surface area contributed by atoms with Gasteiger partial charge < -0.3 is 15.4 Å². The first-order valence-electron chi connectivity index (χ1n) is 6.47. The molecule has 1 aromatic heterocycles. The maximum Gasteiger partial charge on any atom is 0.319 e.